The molecular weight excluding hydrogens is 190 g/mol. The molecule has 13 heavy (non-hydrogen) atoms. The molecule has 0 radical (unpaired) electrons. The monoisotopic (exact) mass is 197 g/mol. The third-order valence-corrected chi connectivity index (χ3v) is 1.99. The number of aliphatic hydroxyl groups excluding tert-OH is 1. The number of nitrogens with zero attached hydrogens (tertiary/aromatic N) is 3. The highest BCUT2D eigenvalue weighted by atomic mass is 35.5. The summed E-state index contributed by atoms with van der Waals surface area (Å²) in [6, 6.07) is 3.41. The quantitative estimate of drug-likeness (QED) is 0.699. The minimum atomic E-state index is -0.111. The van der Waals surface area contributed by atoms with Gasteiger partial charge in [-0.25, -0.2) is 9.50 Å². The summed E-state index contributed by atoms with van der Waals surface area (Å²) in [5.74, 6) is 0. The second-order valence-electron chi connectivity index (χ2n) is 2.78. The SMILES string of the molecule is Cc1cc2nc(CO)cc(Cl)n2n1. The Kier molecular flexibility index (Phi) is 1.94. The summed E-state index contributed by atoms with van der Waals surface area (Å²) in [7, 11) is 0. The van der Waals surface area contributed by atoms with Crippen molar-refractivity contribution in [3.8, 4) is 0 Å². The van der Waals surface area contributed by atoms with Crippen molar-refractivity contribution in [1.29, 1.82) is 0 Å². The Labute approximate surface area is 79.8 Å². The van der Waals surface area contributed by atoms with Crippen LogP contribution in [0, 0.1) is 6.92 Å². The molecule has 2 aromatic rings. The molecule has 1 N–H and O–H groups in total. The molecule has 0 bridgehead atoms. The maximum atomic E-state index is 8.88. The minimum Gasteiger partial charge on any atom is -0.390 e. The van der Waals surface area contributed by atoms with Crippen molar-refractivity contribution in [2.45, 2.75) is 13.5 Å². The number of rotatable bonds is 1. The number of aliphatic hydroxyl groups is 1. The first-order valence-corrected chi connectivity index (χ1v) is 4.21. The molecule has 0 saturated heterocycles. The summed E-state index contributed by atoms with van der Waals surface area (Å²) < 4.78 is 1.54. The van der Waals surface area contributed by atoms with Crippen LogP contribution in [0.4, 0.5) is 0 Å². The van der Waals surface area contributed by atoms with Gasteiger partial charge in [0.2, 0.25) is 0 Å². The predicted molar refractivity (Wildman–Crippen MR) is 48.7 cm³/mol. The van der Waals surface area contributed by atoms with Gasteiger partial charge in [-0.05, 0) is 13.0 Å². The molecule has 0 aromatic carbocycles. The van der Waals surface area contributed by atoms with Gasteiger partial charge in [0, 0.05) is 6.07 Å². The fraction of sp³-hybridized carbons (Fsp3) is 0.250. The van der Waals surface area contributed by atoms with Crippen LogP contribution in [0.5, 0.6) is 0 Å². The van der Waals surface area contributed by atoms with Crippen LogP contribution >= 0.6 is 11.6 Å². The Bertz CT molecular complexity index is 452. The number of hydrogen-bond donors (Lipinski definition) is 1. The first-order chi connectivity index (χ1) is 6.20. The molecule has 0 aliphatic rings. The molecule has 68 valence electrons. The first kappa shape index (κ1) is 8.47. The van der Waals surface area contributed by atoms with Crippen LogP contribution < -0.4 is 0 Å². The lowest BCUT2D eigenvalue weighted by atomic mass is 10.4. The van der Waals surface area contributed by atoms with Crippen molar-refractivity contribution in [1.82, 2.24) is 14.6 Å². The third kappa shape index (κ3) is 1.38. The van der Waals surface area contributed by atoms with Crippen molar-refractivity contribution < 1.29 is 5.11 Å². The molecule has 0 unspecified atom stereocenters. The summed E-state index contributed by atoms with van der Waals surface area (Å²) in [6.07, 6.45) is 0. The van der Waals surface area contributed by atoms with Crippen LogP contribution in [-0.4, -0.2) is 19.7 Å². The largest absolute Gasteiger partial charge is 0.390 e. The van der Waals surface area contributed by atoms with Gasteiger partial charge in [0.1, 0.15) is 5.15 Å². The third-order valence-electron chi connectivity index (χ3n) is 1.72. The number of aromatic nitrogens is 3. The first-order valence-electron chi connectivity index (χ1n) is 3.83. The smallest absolute Gasteiger partial charge is 0.157 e. The van der Waals surface area contributed by atoms with E-state index in [0.717, 1.165) is 5.69 Å². The standard InChI is InChI=1S/C8H8ClN3O/c1-5-2-8-10-6(4-13)3-7(9)12(8)11-5/h2-3,13H,4H2,1H3. The second kappa shape index (κ2) is 2.97. The van der Waals surface area contributed by atoms with E-state index in [4.69, 9.17) is 16.7 Å². The molecule has 0 atom stereocenters. The number of halogens is 1. The zero-order valence-corrected chi connectivity index (χ0v) is 7.78. The van der Waals surface area contributed by atoms with Gasteiger partial charge in [0.05, 0.1) is 18.0 Å². The summed E-state index contributed by atoms with van der Waals surface area (Å²) >= 11 is 5.90. The Morgan fingerprint density at radius 1 is 1.54 bits per heavy atom. The molecule has 0 amide bonds. The normalized spacial score (nSPS) is 11.0. The number of fused-ring (bicyclic) bond motifs is 1. The fourth-order valence-electron chi connectivity index (χ4n) is 1.18. The van der Waals surface area contributed by atoms with Crippen molar-refractivity contribution in [2.24, 2.45) is 0 Å². The molecule has 5 heteroatoms. The van der Waals surface area contributed by atoms with Gasteiger partial charge in [0.15, 0.2) is 5.65 Å². The minimum absolute atomic E-state index is 0.111. The van der Waals surface area contributed by atoms with Crippen molar-refractivity contribution >= 4 is 17.2 Å². The molecule has 2 heterocycles. The summed E-state index contributed by atoms with van der Waals surface area (Å²) in [5, 5.41) is 13.5. The molecule has 4 nitrogen and oxygen atoms in total. The summed E-state index contributed by atoms with van der Waals surface area (Å²) in [5.41, 5.74) is 2.07. The average molecular weight is 198 g/mol. The molecular formula is C8H8ClN3O. The van der Waals surface area contributed by atoms with E-state index in [1.807, 2.05) is 13.0 Å². The lowest BCUT2D eigenvalue weighted by molar-refractivity contribution is 0.277. The van der Waals surface area contributed by atoms with Crippen molar-refractivity contribution in [3.63, 3.8) is 0 Å². The van der Waals surface area contributed by atoms with Crippen LogP contribution in [0.15, 0.2) is 12.1 Å². The summed E-state index contributed by atoms with van der Waals surface area (Å²) in [6.45, 7) is 1.75. The van der Waals surface area contributed by atoms with Gasteiger partial charge in [0.25, 0.3) is 0 Å². The maximum absolute atomic E-state index is 8.88. The van der Waals surface area contributed by atoms with E-state index in [2.05, 4.69) is 10.1 Å². The molecule has 0 aliphatic heterocycles. The number of aryl methyl sites for hydroxylation is 1. The Hall–Kier alpha value is -1.13. The number of hydrogen-bond acceptors (Lipinski definition) is 3. The molecule has 2 rings (SSSR count). The van der Waals surface area contributed by atoms with Crippen molar-refractivity contribution in [2.75, 3.05) is 0 Å². The van der Waals surface area contributed by atoms with Gasteiger partial charge in [-0.15, -0.1) is 0 Å². The van der Waals surface area contributed by atoms with E-state index >= 15 is 0 Å². The molecule has 2 aromatic heterocycles. The maximum Gasteiger partial charge on any atom is 0.157 e. The van der Waals surface area contributed by atoms with E-state index in [0.29, 0.717) is 16.5 Å². The van der Waals surface area contributed by atoms with Crippen LogP contribution in [0.2, 0.25) is 5.15 Å². The predicted octanol–water partition coefficient (Wildman–Crippen LogP) is 1.18. The second-order valence-corrected chi connectivity index (χ2v) is 3.17. The lowest BCUT2D eigenvalue weighted by Crippen LogP contribution is -1.96. The van der Waals surface area contributed by atoms with Gasteiger partial charge >= 0.3 is 0 Å². The van der Waals surface area contributed by atoms with Gasteiger partial charge < -0.3 is 5.11 Å². The highest BCUT2D eigenvalue weighted by molar-refractivity contribution is 6.29. The van der Waals surface area contributed by atoms with E-state index in [1.54, 1.807) is 6.07 Å². The Balaban J connectivity index is 2.75. The molecule has 0 saturated carbocycles. The van der Waals surface area contributed by atoms with Gasteiger partial charge in [-0.1, -0.05) is 11.6 Å². The Morgan fingerprint density at radius 3 is 3.00 bits per heavy atom. The van der Waals surface area contributed by atoms with Crippen LogP contribution in [0.25, 0.3) is 5.65 Å². The zero-order chi connectivity index (χ0) is 9.42. The highest BCUT2D eigenvalue weighted by Gasteiger charge is 2.04. The topological polar surface area (TPSA) is 50.4 Å². The Morgan fingerprint density at radius 2 is 2.31 bits per heavy atom. The fourth-order valence-corrected chi connectivity index (χ4v) is 1.43. The van der Waals surface area contributed by atoms with E-state index in [1.165, 1.54) is 4.52 Å². The lowest BCUT2D eigenvalue weighted by Gasteiger charge is -1.98. The van der Waals surface area contributed by atoms with Crippen molar-refractivity contribution in [3.05, 3.63) is 28.7 Å². The zero-order valence-electron chi connectivity index (χ0n) is 7.03. The van der Waals surface area contributed by atoms with Crippen LogP contribution in [-0.2, 0) is 6.61 Å². The van der Waals surface area contributed by atoms with Gasteiger partial charge in [-0.3, -0.25) is 0 Å². The van der Waals surface area contributed by atoms with Crippen LogP contribution in [0.1, 0.15) is 11.4 Å². The van der Waals surface area contributed by atoms with Crippen LogP contribution in [0.3, 0.4) is 0 Å². The van der Waals surface area contributed by atoms with Gasteiger partial charge in [-0.2, -0.15) is 5.10 Å². The molecule has 0 spiro atoms. The summed E-state index contributed by atoms with van der Waals surface area (Å²) in [4.78, 5) is 4.14. The molecule has 0 fully saturated rings. The van der Waals surface area contributed by atoms with E-state index < -0.39 is 0 Å². The average Bonchev–Trinajstić information content (AvgIpc) is 2.46. The molecule has 0 aliphatic carbocycles. The van der Waals surface area contributed by atoms with E-state index in [9.17, 15) is 0 Å². The van der Waals surface area contributed by atoms with E-state index in [-0.39, 0.29) is 6.61 Å². The highest BCUT2D eigenvalue weighted by Crippen LogP contribution is 2.13.